The largest absolute Gasteiger partial charge is 0.490 e. The van der Waals surface area contributed by atoms with Crippen LogP contribution in [0, 0.1) is 13.8 Å². The predicted molar refractivity (Wildman–Crippen MR) is 91.9 cm³/mol. The molecule has 2 aromatic rings. The zero-order valence-corrected chi connectivity index (χ0v) is 14.3. The van der Waals surface area contributed by atoms with E-state index in [0.29, 0.717) is 12.3 Å². The minimum absolute atomic E-state index is 0.267. The molecule has 0 aliphatic carbocycles. The van der Waals surface area contributed by atoms with Crippen LogP contribution in [-0.4, -0.2) is 28.6 Å². The first-order valence-corrected chi connectivity index (χ1v) is 8.93. The Labute approximate surface area is 136 Å². The molecule has 1 heterocycles. The normalized spacial score (nSPS) is 14.1. The topological polar surface area (TPSA) is 58.6 Å². The van der Waals surface area contributed by atoms with Crippen molar-refractivity contribution >= 4 is 21.4 Å². The summed E-state index contributed by atoms with van der Waals surface area (Å²) in [4.78, 5) is 2.31. The average Bonchev–Trinajstić information content (AvgIpc) is 2.50. The Kier molecular flexibility index (Phi) is 3.93. The third-order valence-corrected chi connectivity index (χ3v) is 5.47. The van der Waals surface area contributed by atoms with E-state index in [4.69, 9.17) is 4.74 Å². The van der Waals surface area contributed by atoms with E-state index in [9.17, 15) is 8.42 Å². The molecule has 122 valence electrons. The van der Waals surface area contributed by atoms with E-state index in [1.54, 1.807) is 30.3 Å². The summed E-state index contributed by atoms with van der Waals surface area (Å²) in [5.41, 5.74) is 3.43. The van der Waals surface area contributed by atoms with Gasteiger partial charge in [0.15, 0.2) is 0 Å². The Hall–Kier alpha value is -2.21. The van der Waals surface area contributed by atoms with Gasteiger partial charge in [-0.25, -0.2) is 8.42 Å². The molecule has 1 aliphatic rings. The van der Waals surface area contributed by atoms with Gasteiger partial charge < -0.3 is 9.64 Å². The van der Waals surface area contributed by atoms with Gasteiger partial charge in [0.1, 0.15) is 12.4 Å². The molecular weight excluding hydrogens is 312 g/mol. The van der Waals surface area contributed by atoms with Crippen molar-refractivity contribution in [2.24, 2.45) is 0 Å². The summed E-state index contributed by atoms with van der Waals surface area (Å²) in [6, 6.07) is 10.4. The Bertz CT molecular complexity index is 847. The molecule has 3 rings (SSSR count). The number of fused-ring (bicyclic) bond motifs is 1. The second-order valence-electron chi connectivity index (χ2n) is 5.80. The minimum Gasteiger partial charge on any atom is -0.490 e. The van der Waals surface area contributed by atoms with Crippen LogP contribution in [0.5, 0.6) is 5.75 Å². The first kappa shape index (κ1) is 15.7. The van der Waals surface area contributed by atoms with E-state index < -0.39 is 10.0 Å². The predicted octanol–water partition coefficient (Wildman–Crippen LogP) is 2.93. The van der Waals surface area contributed by atoms with Crippen molar-refractivity contribution in [1.82, 2.24) is 0 Å². The number of ether oxygens (including phenoxy) is 1. The molecule has 2 aromatic carbocycles. The molecule has 0 spiro atoms. The molecule has 0 fully saturated rings. The minimum atomic E-state index is -3.61. The monoisotopic (exact) mass is 332 g/mol. The highest BCUT2D eigenvalue weighted by Crippen LogP contribution is 2.33. The number of hydrogen-bond donors (Lipinski definition) is 1. The number of benzene rings is 2. The fraction of sp³-hybridized carbons (Fsp3) is 0.294. The van der Waals surface area contributed by atoms with E-state index >= 15 is 0 Å². The highest BCUT2D eigenvalue weighted by atomic mass is 32.2. The van der Waals surface area contributed by atoms with Crippen LogP contribution in [0.25, 0.3) is 0 Å². The first-order valence-electron chi connectivity index (χ1n) is 7.45. The van der Waals surface area contributed by atoms with Crippen molar-refractivity contribution in [1.29, 1.82) is 0 Å². The van der Waals surface area contributed by atoms with Gasteiger partial charge in [-0.1, -0.05) is 6.07 Å². The fourth-order valence-electron chi connectivity index (χ4n) is 2.51. The van der Waals surface area contributed by atoms with E-state index in [0.717, 1.165) is 29.1 Å². The summed E-state index contributed by atoms with van der Waals surface area (Å²) in [5.74, 6) is 0.771. The maximum absolute atomic E-state index is 12.6. The van der Waals surface area contributed by atoms with Gasteiger partial charge in [0.25, 0.3) is 10.0 Å². The number of nitrogens with one attached hydrogen (secondary N) is 1. The third kappa shape index (κ3) is 3.12. The van der Waals surface area contributed by atoms with E-state index in [1.165, 1.54) is 0 Å². The standard InChI is InChI=1S/C17H20N2O3S/c1-12-4-6-15(10-13(12)2)23(20,21)18-14-5-7-17-16(11-14)19(3)8-9-22-17/h4-7,10-11,18H,8-9H2,1-3H3. The summed E-state index contributed by atoms with van der Waals surface area (Å²) in [6.45, 7) is 5.27. The quantitative estimate of drug-likeness (QED) is 0.939. The number of hydrogen-bond acceptors (Lipinski definition) is 4. The van der Waals surface area contributed by atoms with Crippen LogP contribution in [0.2, 0.25) is 0 Å². The van der Waals surface area contributed by atoms with Gasteiger partial charge >= 0.3 is 0 Å². The lowest BCUT2D eigenvalue weighted by atomic mass is 10.1. The lowest BCUT2D eigenvalue weighted by Crippen LogP contribution is -2.28. The molecule has 0 aromatic heterocycles. The van der Waals surface area contributed by atoms with Gasteiger partial charge in [0.05, 0.1) is 22.8 Å². The van der Waals surface area contributed by atoms with Crippen LogP contribution >= 0.6 is 0 Å². The fourth-order valence-corrected chi connectivity index (χ4v) is 3.64. The zero-order valence-electron chi connectivity index (χ0n) is 13.5. The van der Waals surface area contributed by atoms with Gasteiger partial charge in [0.2, 0.25) is 0 Å². The van der Waals surface area contributed by atoms with Crippen molar-refractivity contribution in [2.45, 2.75) is 18.7 Å². The summed E-state index contributed by atoms with van der Waals surface area (Å²) >= 11 is 0. The van der Waals surface area contributed by atoms with Gasteiger partial charge in [-0.3, -0.25) is 4.72 Å². The van der Waals surface area contributed by atoms with Gasteiger partial charge in [-0.15, -0.1) is 0 Å². The van der Waals surface area contributed by atoms with Crippen molar-refractivity contribution in [2.75, 3.05) is 29.8 Å². The first-order chi connectivity index (χ1) is 10.9. The highest BCUT2D eigenvalue weighted by Gasteiger charge is 2.18. The number of aryl methyl sites for hydroxylation is 2. The maximum atomic E-state index is 12.6. The molecule has 1 N–H and O–H groups in total. The Morgan fingerprint density at radius 1 is 1.09 bits per heavy atom. The molecule has 5 nitrogen and oxygen atoms in total. The maximum Gasteiger partial charge on any atom is 0.261 e. The van der Waals surface area contributed by atoms with Crippen molar-refractivity contribution in [3.05, 3.63) is 47.5 Å². The van der Waals surface area contributed by atoms with Gasteiger partial charge in [-0.2, -0.15) is 0 Å². The third-order valence-electron chi connectivity index (χ3n) is 4.10. The van der Waals surface area contributed by atoms with Crippen LogP contribution in [0.15, 0.2) is 41.3 Å². The van der Waals surface area contributed by atoms with E-state index in [1.807, 2.05) is 31.9 Å². The molecule has 0 bridgehead atoms. The van der Waals surface area contributed by atoms with Gasteiger partial charge in [-0.05, 0) is 55.3 Å². The van der Waals surface area contributed by atoms with E-state index in [-0.39, 0.29) is 4.90 Å². The molecule has 0 radical (unpaired) electrons. The van der Waals surface area contributed by atoms with Crippen LogP contribution in [0.4, 0.5) is 11.4 Å². The number of rotatable bonds is 3. The molecule has 0 atom stereocenters. The van der Waals surface area contributed by atoms with Crippen LogP contribution < -0.4 is 14.4 Å². The van der Waals surface area contributed by atoms with Crippen LogP contribution in [0.1, 0.15) is 11.1 Å². The highest BCUT2D eigenvalue weighted by molar-refractivity contribution is 7.92. The SMILES string of the molecule is Cc1ccc(S(=O)(=O)Nc2ccc3c(c2)N(C)CCO3)cc1C. The van der Waals surface area contributed by atoms with Crippen molar-refractivity contribution in [3.8, 4) is 5.75 Å². The molecule has 0 saturated carbocycles. The number of likely N-dealkylation sites (N-methyl/N-ethyl adjacent to an activating group) is 1. The lowest BCUT2D eigenvalue weighted by molar-refractivity contribution is 0.311. The smallest absolute Gasteiger partial charge is 0.261 e. The molecule has 0 saturated heterocycles. The Morgan fingerprint density at radius 2 is 1.87 bits per heavy atom. The Balaban J connectivity index is 1.91. The summed E-state index contributed by atoms with van der Waals surface area (Å²) in [6.07, 6.45) is 0. The average molecular weight is 332 g/mol. The summed E-state index contributed by atoms with van der Waals surface area (Å²) in [7, 11) is -1.64. The molecule has 6 heteroatoms. The van der Waals surface area contributed by atoms with Crippen LogP contribution in [0.3, 0.4) is 0 Å². The molecule has 1 aliphatic heterocycles. The lowest BCUT2D eigenvalue weighted by Gasteiger charge is -2.28. The molecular formula is C17H20N2O3S. The number of anilines is 2. The number of nitrogens with zero attached hydrogens (tertiary/aromatic N) is 1. The molecule has 0 amide bonds. The second kappa shape index (κ2) is 5.77. The number of sulfonamides is 1. The Morgan fingerprint density at radius 3 is 2.61 bits per heavy atom. The van der Waals surface area contributed by atoms with Crippen molar-refractivity contribution < 1.29 is 13.2 Å². The summed E-state index contributed by atoms with van der Waals surface area (Å²) in [5, 5.41) is 0. The van der Waals surface area contributed by atoms with Crippen LogP contribution in [-0.2, 0) is 10.0 Å². The molecule has 23 heavy (non-hydrogen) atoms. The van der Waals surface area contributed by atoms with E-state index in [2.05, 4.69) is 4.72 Å². The van der Waals surface area contributed by atoms with Gasteiger partial charge in [0, 0.05) is 7.05 Å². The second-order valence-corrected chi connectivity index (χ2v) is 7.49. The van der Waals surface area contributed by atoms with Crippen molar-refractivity contribution in [3.63, 3.8) is 0 Å². The molecule has 0 unspecified atom stereocenters. The zero-order chi connectivity index (χ0) is 16.6. The summed E-state index contributed by atoms with van der Waals surface area (Å²) < 4.78 is 33.3.